The predicted molar refractivity (Wildman–Crippen MR) is 149 cm³/mol. The molecule has 0 saturated heterocycles. The monoisotopic (exact) mass is 514 g/mol. The number of aromatic nitrogens is 2. The van der Waals surface area contributed by atoms with E-state index in [2.05, 4.69) is 0 Å². The van der Waals surface area contributed by atoms with E-state index in [1.165, 1.54) is 0 Å². The van der Waals surface area contributed by atoms with Gasteiger partial charge in [-0.15, -0.1) is 0 Å². The first-order chi connectivity index (χ1) is 18.9. The van der Waals surface area contributed by atoms with Crippen LogP contribution in [0.15, 0.2) is 102 Å². The van der Waals surface area contributed by atoms with E-state index < -0.39 is 11.8 Å². The maximum Gasteiger partial charge on any atom is 0.271 e. The minimum atomic E-state index is -0.591. The molecule has 1 aliphatic heterocycles. The van der Waals surface area contributed by atoms with E-state index in [-0.39, 0.29) is 17.7 Å². The predicted octanol–water partition coefficient (Wildman–Crippen LogP) is 5.65. The molecule has 0 saturated carbocycles. The van der Waals surface area contributed by atoms with Gasteiger partial charge < -0.3 is 4.74 Å². The number of para-hydroxylation sites is 1. The first-order valence-corrected chi connectivity index (χ1v) is 12.4. The Morgan fingerprint density at radius 2 is 1.64 bits per heavy atom. The van der Waals surface area contributed by atoms with Crippen molar-refractivity contribution in [3.05, 3.63) is 118 Å². The van der Waals surface area contributed by atoms with Crippen molar-refractivity contribution in [2.24, 2.45) is 0 Å². The molecule has 0 atom stereocenters. The van der Waals surface area contributed by atoms with Gasteiger partial charge in [-0.25, -0.2) is 4.68 Å². The van der Waals surface area contributed by atoms with Gasteiger partial charge in [-0.3, -0.25) is 14.5 Å². The fraction of sp³-hybridized carbons (Fsp3) is 0.125. The van der Waals surface area contributed by atoms with Gasteiger partial charge in [0.25, 0.3) is 11.8 Å². The number of nitrogens with zero attached hydrogens (tertiary/aromatic N) is 4. The van der Waals surface area contributed by atoms with Crippen LogP contribution in [0.4, 0.5) is 0 Å². The first-order valence-electron chi connectivity index (χ1n) is 12.4. The Labute approximate surface area is 226 Å². The Morgan fingerprint density at radius 3 is 2.28 bits per heavy atom. The van der Waals surface area contributed by atoms with Crippen LogP contribution < -0.4 is 4.74 Å². The van der Waals surface area contributed by atoms with Gasteiger partial charge in [0.05, 0.1) is 19.3 Å². The second kappa shape index (κ2) is 10.6. The minimum absolute atomic E-state index is 0.0468. The zero-order valence-electron chi connectivity index (χ0n) is 21.9. The highest BCUT2D eigenvalue weighted by molar-refractivity contribution is 6.19. The third-order valence-electron chi connectivity index (χ3n) is 6.76. The molecular weight excluding hydrogens is 488 g/mol. The molecule has 0 N–H and O–H groups in total. The number of benzene rings is 3. The van der Waals surface area contributed by atoms with Crippen molar-refractivity contribution < 1.29 is 14.3 Å². The summed E-state index contributed by atoms with van der Waals surface area (Å²) in [5, 5.41) is 14.7. The summed E-state index contributed by atoms with van der Waals surface area (Å²) in [6.45, 7) is 3.68. The highest BCUT2D eigenvalue weighted by atomic mass is 16.5. The molecule has 1 aliphatic rings. The lowest BCUT2D eigenvalue weighted by Crippen LogP contribution is -2.42. The maximum absolute atomic E-state index is 13.7. The number of carbonyl (C=O) groups excluding carboxylic acids is 2. The number of amides is 2. The summed E-state index contributed by atoms with van der Waals surface area (Å²) in [5.74, 6) is -0.314. The second-order valence-electron chi connectivity index (χ2n) is 9.25. The minimum Gasteiger partial charge on any atom is -0.497 e. The van der Waals surface area contributed by atoms with Gasteiger partial charge in [0.15, 0.2) is 0 Å². The van der Waals surface area contributed by atoms with Crippen molar-refractivity contribution in [2.75, 3.05) is 7.11 Å². The molecule has 4 aromatic rings. The molecule has 7 nitrogen and oxygen atoms in total. The van der Waals surface area contributed by atoms with Crippen LogP contribution in [0.1, 0.15) is 23.6 Å². The average Bonchev–Trinajstić information content (AvgIpc) is 3.38. The van der Waals surface area contributed by atoms with Crippen LogP contribution in [0.2, 0.25) is 0 Å². The van der Waals surface area contributed by atoms with Gasteiger partial charge >= 0.3 is 0 Å². The fourth-order valence-corrected chi connectivity index (χ4v) is 4.64. The van der Waals surface area contributed by atoms with Gasteiger partial charge in [-0.05, 0) is 67.0 Å². The van der Waals surface area contributed by atoms with Crippen molar-refractivity contribution in [3.63, 3.8) is 0 Å². The van der Waals surface area contributed by atoms with E-state index in [0.717, 1.165) is 33.0 Å². The molecule has 0 bridgehead atoms. The molecule has 5 rings (SSSR count). The molecule has 0 radical (unpaired) electrons. The Balaban J connectivity index is 1.67. The van der Waals surface area contributed by atoms with Crippen molar-refractivity contribution >= 4 is 17.9 Å². The van der Waals surface area contributed by atoms with E-state index in [1.807, 2.05) is 98.1 Å². The summed E-state index contributed by atoms with van der Waals surface area (Å²) in [5.41, 5.74) is 5.40. The maximum atomic E-state index is 13.7. The third-order valence-corrected chi connectivity index (χ3v) is 6.76. The van der Waals surface area contributed by atoms with E-state index in [4.69, 9.17) is 9.84 Å². The Bertz CT molecular complexity index is 1680. The molecule has 0 aliphatic carbocycles. The normalized spacial score (nSPS) is 14.6. The Hall–Kier alpha value is -5.22. The molecule has 2 heterocycles. The van der Waals surface area contributed by atoms with Crippen LogP contribution in [0.3, 0.4) is 0 Å². The standard InChI is InChI=1S/C32H26N4O3/c1-21-16-26(39-3)14-15-27(21)30-24(20-36(34-30)25-12-8-5-9-13-25)17-28-22(2)29(18-33)32(38)35(31(28)37)19-23-10-6-4-7-11-23/h4-17,20H,19H2,1-3H3/b28-17+. The number of aryl methyl sites for hydroxylation is 1. The van der Waals surface area contributed by atoms with Gasteiger partial charge in [-0.2, -0.15) is 10.4 Å². The number of methoxy groups -OCH3 is 1. The Kier molecular flexibility index (Phi) is 6.94. The molecule has 2 amide bonds. The molecule has 192 valence electrons. The van der Waals surface area contributed by atoms with E-state index in [0.29, 0.717) is 16.8 Å². The summed E-state index contributed by atoms with van der Waals surface area (Å²) in [6.07, 6.45) is 3.58. The van der Waals surface area contributed by atoms with Crippen LogP contribution in [0.25, 0.3) is 23.0 Å². The smallest absolute Gasteiger partial charge is 0.271 e. The van der Waals surface area contributed by atoms with Crippen molar-refractivity contribution in [1.82, 2.24) is 14.7 Å². The number of hydrogen-bond acceptors (Lipinski definition) is 5. The van der Waals surface area contributed by atoms with Gasteiger partial charge in [0.1, 0.15) is 23.1 Å². The van der Waals surface area contributed by atoms with Gasteiger partial charge in [-0.1, -0.05) is 48.5 Å². The highest BCUT2D eigenvalue weighted by Crippen LogP contribution is 2.33. The third kappa shape index (κ3) is 4.88. The molecule has 0 fully saturated rings. The number of nitriles is 1. The van der Waals surface area contributed by atoms with Crippen LogP contribution in [-0.2, 0) is 16.1 Å². The molecule has 3 aromatic carbocycles. The first kappa shape index (κ1) is 25.4. The van der Waals surface area contributed by atoms with Crippen molar-refractivity contribution in [1.29, 1.82) is 5.26 Å². The topological polar surface area (TPSA) is 88.2 Å². The summed E-state index contributed by atoms with van der Waals surface area (Å²) in [6, 6.07) is 26.7. The van der Waals surface area contributed by atoms with Crippen molar-refractivity contribution in [2.45, 2.75) is 20.4 Å². The molecular formula is C32H26N4O3. The summed E-state index contributed by atoms with van der Waals surface area (Å²) in [4.78, 5) is 28.0. The lowest BCUT2D eigenvalue weighted by Gasteiger charge is -2.27. The lowest BCUT2D eigenvalue weighted by atomic mass is 9.92. The zero-order chi connectivity index (χ0) is 27.5. The molecule has 0 spiro atoms. The van der Waals surface area contributed by atoms with Gasteiger partial charge in [0, 0.05) is 22.9 Å². The average molecular weight is 515 g/mol. The van der Waals surface area contributed by atoms with Gasteiger partial charge in [0.2, 0.25) is 0 Å². The molecule has 1 aromatic heterocycles. The highest BCUT2D eigenvalue weighted by Gasteiger charge is 2.35. The molecule has 39 heavy (non-hydrogen) atoms. The largest absolute Gasteiger partial charge is 0.497 e. The number of hydrogen-bond donors (Lipinski definition) is 0. The molecule has 7 heteroatoms. The SMILES string of the molecule is COc1ccc(-c2nn(-c3ccccc3)cc2/C=C2/C(=O)N(Cc3ccccc3)C(=O)C(C#N)=C2C)c(C)c1. The van der Waals surface area contributed by atoms with E-state index in [1.54, 1.807) is 24.8 Å². The number of ether oxygens (including phenoxy) is 1. The number of rotatable bonds is 6. The van der Waals surface area contributed by atoms with Crippen LogP contribution in [-0.4, -0.2) is 33.6 Å². The summed E-state index contributed by atoms with van der Waals surface area (Å²) >= 11 is 0. The lowest BCUT2D eigenvalue weighted by molar-refractivity contribution is -0.141. The van der Waals surface area contributed by atoms with Crippen LogP contribution >= 0.6 is 0 Å². The quantitative estimate of drug-likeness (QED) is 0.245. The molecule has 0 unspecified atom stereocenters. The van der Waals surface area contributed by atoms with Crippen LogP contribution in [0, 0.1) is 18.3 Å². The van der Waals surface area contributed by atoms with Crippen LogP contribution in [0.5, 0.6) is 5.75 Å². The summed E-state index contributed by atoms with van der Waals surface area (Å²) < 4.78 is 7.14. The Morgan fingerprint density at radius 1 is 0.949 bits per heavy atom. The fourth-order valence-electron chi connectivity index (χ4n) is 4.64. The van der Waals surface area contributed by atoms with Crippen molar-refractivity contribution in [3.8, 4) is 28.8 Å². The summed E-state index contributed by atoms with van der Waals surface area (Å²) in [7, 11) is 1.62. The van der Waals surface area contributed by atoms with E-state index in [9.17, 15) is 14.9 Å². The zero-order valence-corrected chi connectivity index (χ0v) is 21.9. The number of imide groups is 1. The number of carbonyl (C=O) groups is 2. The second-order valence-corrected chi connectivity index (χ2v) is 9.25. The van der Waals surface area contributed by atoms with E-state index >= 15 is 0 Å².